The van der Waals surface area contributed by atoms with Crippen LogP contribution in [0.1, 0.15) is 34.3 Å². The number of amides is 2. The van der Waals surface area contributed by atoms with Gasteiger partial charge in [0.1, 0.15) is 0 Å². The number of hydrogen-bond acceptors (Lipinski definition) is 2. The molecule has 0 bridgehead atoms. The summed E-state index contributed by atoms with van der Waals surface area (Å²) in [4.78, 5) is 28.7. The van der Waals surface area contributed by atoms with E-state index in [9.17, 15) is 9.59 Å². The van der Waals surface area contributed by atoms with Crippen molar-refractivity contribution in [2.75, 3.05) is 26.2 Å². The van der Waals surface area contributed by atoms with E-state index in [0.29, 0.717) is 48.2 Å². The van der Waals surface area contributed by atoms with Gasteiger partial charge in [-0.3, -0.25) is 9.59 Å². The Morgan fingerprint density at radius 1 is 0.929 bits per heavy atom. The minimum absolute atomic E-state index is 0.117. The van der Waals surface area contributed by atoms with E-state index in [1.54, 1.807) is 23.1 Å². The molecule has 1 aliphatic heterocycles. The minimum atomic E-state index is -0.117. The van der Waals surface area contributed by atoms with Gasteiger partial charge in [-0.15, -0.1) is 0 Å². The molecule has 0 aromatic heterocycles. The van der Waals surface area contributed by atoms with Crippen molar-refractivity contribution >= 4 is 35.0 Å². The van der Waals surface area contributed by atoms with Crippen molar-refractivity contribution in [1.29, 1.82) is 0 Å². The van der Waals surface area contributed by atoms with E-state index in [4.69, 9.17) is 23.2 Å². The summed E-state index contributed by atoms with van der Waals surface area (Å²) < 4.78 is 0. The van der Waals surface area contributed by atoms with Crippen LogP contribution in [0, 0.1) is 6.92 Å². The van der Waals surface area contributed by atoms with Crippen LogP contribution in [0.15, 0.2) is 42.5 Å². The SMILES string of the molecule is Cc1ccc(CCCC(=O)N2CCN(C(=O)c3ccc(Cl)cc3Cl)CC2)cc1. The van der Waals surface area contributed by atoms with E-state index >= 15 is 0 Å². The number of nitrogens with zero attached hydrogens (tertiary/aromatic N) is 2. The standard InChI is InChI=1S/C22H24Cl2N2O2/c1-16-5-7-17(8-6-16)3-2-4-21(27)25-11-13-26(14-12-25)22(28)19-10-9-18(23)15-20(19)24/h5-10,15H,2-4,11-14H2,1H3. The Balaban J connectivity index is 1.45. The van der Waals surface area contributed by atoms with Crippen LogP contribution < -0.4 is 0 Å². The Hall–Kier alpha value is -2.04. The van der Waals surface area contributed by atoms with Gasteiger partial charge in [-0.25, -0.2) is 0 Å². The topological polar surface area (TPSA) is 40.6 Å². The highest BCUT2D eigenvalue weighted by atomic mass is 35.5. The lowest BCUT2D eigenvalue weighted by molar-refractivity contribution is -0.132. The second-order valence-corrected chi connectivity index (χ2v) is 7.98. The molecule has 1 saturated heterocycles. The summed E-state index contributed by atoms with van der Waals surface area (Å²) in [5.41, 5.74) is 2.95. The molecule has 28 heavy (non-hydrogen) atoms. The summed E-state index contributed by atoms with van der Waals surface area (Å²) in [6, 6.07) is 13.3. The van der Waals surface area contributed by atoms with Gasteiger partial charge >= 0.3 is 0 Å². The predicted molar refractivity (Wildman–Crippen MR) is 113 cm³/mol. The van der Waals surface area contributed by atoms with Crippen LogP contribution in [0.3, 0.4) is 0 Å². The third-order valence-electron chi connectivity index (χ3n) is 5.06. The molecule has 6 heteroatoms. The average molecular weight is 419 g/mol. The number of halogens is 2. The van der Waals surface area contributed by atoms with Gasteiger partial charge in [0.05, 0.1) is 10.6 Å². The molecule has 0 spiro atoms. The fourth-order valence-corrected chi connectivity index (χ4v) is 3.84. The quantitative estimate of drug-likeness (QED) is 0.710. The summed E-state index contributed by atoms with van der Waals surface area (Å²) >= 11 is 12.0. The van der Waals surface area contributed by atoms with E-state index in [1.165, 1.54) is 11.1 Å². The molecule has 4 nitrogen and oxygen atoms in total. The molecule has 1 fully saturated rings. The van der Waals surface area contributed by atoms with Gasteiger partial charge in [-0.2, -0.15) is 0 Å². The van der Waals surface area contributed by atoms with Crippen molar-refractivity contribution in [3.05, 3.63) is 69.2 Å². The second-order valence-electron chi connectivity index (χ2n) is 7.14. The van der Waals surface area contributed by atoms with Gasteiger partial charge in [-0.1, -0.05) is 53.0 Å². The molecule has 0 saturated carbocycles. The molecular formula is C22H24Cl2N2O2. The van der Waals surface area contributed by atoms with E-state index in [-0.39, 0.29) is 11.8 Å². The molecule has 1 aliphatic rings. The van der Waals surface area contributed by atoms with Gasteiger partial charge in [0.2, 0.25) is 5.91 Å². The van der Waals surface area contributed by atoms with Gasteiger partial charge in [0, 0.05) is 37.6 Å². The first kappa shape index (κ1) is 20.7. The smallest absolute Gasteiger partial charge is 0.255 e. The number of hydrogen-bond donors (Lipinski definition) is 0. The Bertz CT molecular complexity index is 844. The number of piperazine rings is 1. The van der Waals surface area contributed by atoms with E-state index in [2.05, 4.69) is 31.2 Å². The van der Waals surface area contributed by atoms with Crippen molar-refractivity contribution in [2.45, 2.75) is 26.2 Å². The molecule has 0 atom stereocenters. The Morgan fingerprint density at radius 3 is 2.21 bits per heavy atom. The Labute approximate surface area is 176 Å². The zero-order valence-electron chi connectivity index (χ0n) is 16.0. The van der Waals surface area contributed by atoms with Crippen molar-refractivity contribution in [2.24, 2.45) is 0 Å². The summed E-state index contributed by atoms with van der Waals surface area (Å²) in [5, 5.41) is 0.856. The zero-order valence-corrected chi connectivity index (χ0v) is 17.5. The molecule has 0 unspecified atom stereocenters. The van der Waals surface area contributed by atoms with Crippen LogP contribution in [-0.2, 0) is 11.2 Å². The second kappa shape index (κ2) is 9.44. The van der Waals surface area contributed by atoms with Crippen molar-refractivity contribution in [3.63, 3.8) is 0 Å². The highest BCUT2D eigenvalue weighted by Gasteiger charge is 2.25. The molecule has 0 radical (unpaired) electrons. The Kier molecular flexibility index (Phi) is 6.97. The fraction of sp³-hybridized carbons (Fsp3) is 0.364. The summed E-state index contributed by atoms with van der Waals surface area (Å²) in [7, 11) is 0. The molecule has 2 aromatic carbocycles. The highest BCUT2D eigenvalue weighted by molar-refractivity contribution is 6.36. The van der Waals surface area contributed by atoms with Crippen LogP contribution in [0.25, 0.3) is 0 Å². The maximum Gasteiger partial charge on any atom is 0.255 e. The lowest BCUT2D eigenvalue weighted by Crippen LogP contribution is -2.50. The first-order chi connectivity index (χ1) is 13.4. The lowest BCUT2D eigenvalue weighted by atomic mass is 10.1. The highest BCUT2D eigenvalue weighted by Crippen LogP contribution is 2.23. The molecule has 2 amide bonds. The van der Waals surface area contributed by atoms with Crippen molar-refractivity contribution < 1.29 is 9.59 Å². The van der Waals surface area contributed by atoms with E-state index in [1.807, 2.05) is 4.90 Å². The van der Waals surface area contributed by atoms with Gasteiger partial charge in [-0.05, 0) is 43.5 Å². The van der Waals surface area contributed by atoms with Crippen LogP contribution in [-0.4, -0.2) is 47.8 Å². The predicted octanol–water partition coefficient (Wildman–Crippen LogP) is 4.61. The maximum absolute atomic E-state index is 12.7. The molecule has 3 rings (SSSR count). The fourth-order valence-electron chi connectivity index (χ4n) is 3.35. The van der Waals surface area contributed by atoms with Crippen LogP contribution in [0.2, 0.25) is 10.0 Å². The van der Waals surface area contributed by atoms with Crippen molar-refractivity contribution in [3.8, 4) is 0 Å². The number of rotatable bonds is 5. The summed E-state index contributed by atoms with van der Waals surface area (Å²) in [5.74, 6) is 0.0388. The lowest BCUT2D eigenvalue weighted by Gasteiger charge is -2.35. The van der Waals surface area contributed by atoms with Crippen molar-refractivity contribution in [1.82, 2.24) is 9.80 Å². The zero-order chi connectivity index (χ0) is 20.1. The van der Waals surface area contributed by atoms with Crippen LogP contribution in [0.5, 0.6) is 0 Å². The van der Waals surface area contributed by atoms with E-state index < -0.39 is 0 Å². The third-order valence-corrected chi connectivity index (χ3v) is 5.61. The normalized spacial score (nSPS) is 14.2. The minimum Gasteiger partial charge on any atom is -0.339 e. The molecule has 148 valence electrons. The molecule has 2 aromatic rings. The largest absolute Gasteiger partial charge is 0.339 e. The molecule has 0 N–H and O–H groups in total. The number of aryl methyl sites for hydroxylation is 2. The third kappa shape index (κ3) is 5.27. The van der Waals surface area contributed by atoms with Gasteiger partial charge in [0.25, 0.3) is 5.91 Å². The van der Waals surface area contributed by atoms with Crippen LogP contribution >= 0.6 is 23.2 Å². The number of carbonyl (C=O) groups excluding carboxylic acids is 2. The average Bonchev–Trinajstić information content (AvgIpc) is 2.69. The summed E-state index contributed by atoms with van der Waals surface area (Å²) in [6.45, 7) is 4.21. The Morgan fingerprint density at radius 2 is 1.57 bits per heavy atom. The monoisotopic (exact) mass is 418 g/mol. The molecular weight excluding hydrogens is 395 g/mol. The number of benzene rings is 2. The van der Waals surface area contributed by atoms with E-state index in [0.717, 1.165) is 12.8 Å². The summed E-state index contributed by atoms with van der Waals surface area (Å²) in [6.07, 6.45) is 2.27. The maximum atomic E-state index is 12.7. The number of carbonyl (C=O) groups is 2. The van der Waals surface area contributed by atoms with Gasteiger partial charge in [0.15, 0.2) is 0 Å². The molecule has 1 heterocycles. The first-order valence-corrected chi connectivity index (χ1v) is 10.3. The van der Waals surface area contributed by atoms with Crippen LogP contribution in [0.4, 0.5) is 0 Å². The van der Waals surface area contributed by atoms with Gasteiger partial charge < -0.3 is 9.80 Å². The molecule has 0 aliphatic carbocycles. The first-order valence-electron chi connectivity index (χ1n) is 9.51.